The van der Waals surface area contributed by atoms with Gasteiger partial charge in [0.15, 0.2) is 0 Å². The van der Waals surface area contributed by atoms with E-state index in [9.17, 15) is 4.79 Å². The average Bonchev–Trinajstić information content (AvgIpc) is 2.22. The minimum Gasteiger partial charge on any atom is -0.449 e. The Morgan fingerprint density at radius 3 is 0.618 bits per heavy atom. The van der Waals surface area contributed by atoms with E-state index >= 15 is 0 Å². The van der Waals surface area contributed by atoms with Gasteiger partial charge in [0, 0.05) is 25.9 Å². The maximum Gasteiger partial charge on any atom is 0.407 e. The zero-order chi connectivity index (χ0) is 63.0. The van der Waals surface area contributed by atoms with Crippen molar-refractivity contribution in [3.8, 4) is 11.8 Å². The van der Waals surface area contributed by atoms with Crippen LogP contribution in [0.2, 0.25) is 0 Å². The number of ether oxygens (including phenoxy) is 25. The van der Waals surface area contributed by atoms with Crippen LogP contribution in [0, 0.1) is 29.6 Å². The number of alkyl carbamates (subject to hydrolysis) is 1. The van der Waals surface area contributed by atoms with Crippen LogP contribution in [0.15, 0.2) is 0 Å². The summed E-state index contributed by atoms with van der Waals surface area (Å²) >= 11 is 0. The zero-order valence-electron chi connectivity index (χ0n) is 53.8. The lowest BCUT2D eigenvalue weighted by Crippen LogP contribution is -2.29. The number of hydrogen-bond acceptors (Lipinski definition) is 27. The van der Waals surface area contributed by atoms with Gasteiger partial charge in [0.25, 0.3) is 0 Å². The highest BCUT2D eigenvalue weighted by Crippen LogP contribution is 2.52. The molecule has 0 spiro atoms. The number of carbonyl (C=O) groups excluding carboxylic acids is 1. The van der Waals surface area contributed by atoms with Crippen LogP contribution in [-0.2, 0) is 118 Å². The maximum atomic E-state index is 12.0. The summed E-state index contributed by atoms with van der Waals surface area (Å²) in [6, 6.07) is 0. The molecule has 3 atom stereocenters. The molecule has 2 aliphatic carbocycles. The van der Waals surface area contributed by atoms with Crippen LogP contribution in [0.5, 0.6) is 0 Å². The molecule has 1 unspecified atom stereocenters. The molecule has 89 heavy (non-hydrogen) atoms. The third kappa shape index (κ3) is 63.0. The Hall–Kier alpha value is -2.17. The fraction of sp³-hybridized carbons (Fsp3) is 0.951. The molecule has 1 fully saturated rings. The second-order valence-electron chi connectivity index (χ2n) is 19.4. The van der Waals surface area contributed by atoms with Crippen molar-refractivity contribution in [3.63, 3.8) is 0 Å². The Balaban J connectivity index is 1.09. The minimum absolute atomic E-state index is 0.386. The van der Waals surface area contributed by atoms with Gasteiger partial charge in [-0.05, 0) is 30.6 Å². The molecule has 0 aromatic carbocycles. The Morgan fingerprint density at radius 2 is 0.438 bits per heavy atom. The Kier molecular flexibility index (Phi) is 66.8. The van der Waals surface area contributed by atoms with E-state index in [-0.39, 0.29) is 6.09 Å². The highest BCUT2D eigenvalue weighted by Gasteiger charge is 2.49. The molecule has 2 aliphatic rings. The van der Waals surface area contributed by atoms with E-state index in [4.69, 9.17) is 124 Å². The van der Waals surface area contributed by atoms with Crippen LogP contribution in [0.4, 0.5) is 4.79 Å². The van der Waals surface area contributed by atoms with Crippen LogP contribution in [0.25, 0.3) is 0 Å². The lowest BCUT2D eigenvalue weighted by molar-refractivity contribution is -0.0319. The first-order chi connectivity index (χ1) is 44.3. The molecule has 28 heteroatoms. The normalized spacial score (nSPS) is 15.4. The molecule has 3 N–H and O–H groups in total. The van der Waals surface area contributed by atoms with Crippen LogP contribution >= 0.6 is 0 Å². The van der Waals surface area contributed by atoms with Crippen molar-refractivity contribution in [1.29, 1.82) is 0 Å². The number of nitrogens with one attached hydrogen (secondary N) is 1. The summed E-state index contributed by atoms with van der Waals surface area (Å²) in [5.41, 5.74) is 5.35. The minimum atomic E-state index is -0.386. The standard InChI is InChI=1S/C61H116N2O26/c62-7-9-65-11-13-67-15-17-69-19-21-71-23-25-73-27-29-75-31-33-77-35-37-79-39-41-81-43-45-83-47-49-85-51-53-87-55-56-88-54-52-86-50-48-84-46-44-82-42-40-80-38-36-78-34-32-76-30-28-74-26-24-72-22-20-70-18-16-68-14-12-66-10-8-63-61(64)89-57-60-58-5-3-1-2-4-6-59(58)60/h58-60H,3-57,62H2,(H,63,64)/t58-,59+,60?. The highest BCUT2D eigenvalue weighted by atomic mass is 16.6. The van der Waals surface area contributed by atoms with Gasteiger partial charge in [0.1, 0.15) is 0 Å². The van der Waals surface area contributed by atoms with Crippen molar-refractivity contribution in [2.24, 2.45) is 23.5 Å². The van der Waals surface area contributed by atoms with Gasteiger partial charge in [-0.15, -0.1) is 11.8 Å². The fourth-order valence-electron chi connectivity index (χ4n) is 7.97. The lowest BCUT2D eigenvalue weighted by Gasteiger charge is -2.09. The first-order valence-electron chi connectivity index (χ1n) is 32.2. The summed E-state index contributed by atoms with van der Waals surface area (Å²) in [6.45, 7) is 24.8. The van der Waals surface area contributed by atoms with Crippen molar-refractivity contribution in [2.45, 2.75) is 25.7 Å². The summed E-state index contributed by atoms with van der Waals surface area (Å²) in [5, 5.41) is 2.74. The SMILES string of the molecule is NCCOCCOCCOCCOCCOCCOCCOCCOCCOCCOCCOCCOCCOCCOCCOCCOCCOCCOCCOCCOCCOCCOCCOCCOCCNC(=O)OCC1[C@H]2CCC#CCC[C@@H]12. The predicted molar refractivity (Wildman–Crippen MR) is 325 cm³/mol. The number of nitrogens with two attached hydrogens (primary N) is 1. The fourth-order valence-corrected chi connectivity index (χ4v) is 7.97. The highest BCUT2D eigenvalue weighted by molar-refractivity contribution is 5.67. The molecule has 1 saturated carbocycles. The molecule has 0 aromatic heterocycles. The van der Waals surface area contributed by atoms with Gasteiger partial charge in [-0.1, -0.05) is 0 Å². The smallest absolute Gasteiger partial charge is 0.407 e. The summed E-state index contributed by atoms with van der Waals surface area (Å²) in [6.07, 6.45) is 3.76. The van der Waals surface area contributed by atoms with Gasteiger partial charge >= 0.3 is 6.09 Å². The molecule has 1 amide bonds. The van der Waals surface area contributed by atoms with E-state index in [0.29, 0.717) is 355 Å². The van der Waals surface area contributed by atoms with Gasteiger partial charge in [-0.2, -0.15) is 0 Å². The van der Waals surface area contributed by atoms with E-state index in [0.717, 1.165) is 25.7 Å². The quantitative estimate of drug-likeness (QED) is 0.0645. The number of rotatable bonds is 76. The molecule has 2 rings (SSSR count). The van der Waals surface area contributed by atoms with Crippen molar-refractivity contribution >= 4 is 6.09 Å². The average molecular weight is 1290 g/mol. The molecule has 0 aliphatic heterocycles. The van der Waals surface area contributed by atoms with E-state index in [2.05, 4.69) is 17.2 Å². The molecular formula is C61H116N2O26. The zero-order valence-corrected chi connectivity index (χ0v) is 53.8. The molecule has 0 heterocycles. The number of amides is 1. The maximum absolute atomic E-state index is 12.0. The molecule has 0 aromatic rings. The van der Waals surface area contributed by atoms with Crippen molar-refractivity contribution < 1.29 is 123 Å². The van der Waals surface area contributed by atoms with E-state index in [1.807, 2.05) is 0 Å². The summed E-state index contributed by atoms with van der Waals surface area (Å²) < 4.78 is 137. The number of fused-ring (bicyclic) bond motifs is 1. The Bertz CT molecular complexity index is 1460. The number of hydrogen-bond donors (Lipinski definition) is 2. The third-order valence-electron chi connectivity index (χ3n) is 12.6. The Labute approximate surface area is 531 Å². The molecule has 0 saturated heterocycles. The van der Waals surface area contributed by atoms with Crippen molar-refractivity contribution in [1.82, 2.24) is 5.32 Å². The molecule has 0 bridgehead atoms. The molecule has 28 nitrogen and oxygen atoms in total. The summed E-state index contributed by atoms with van der Waals surface area (Å²) in [7, 11) is 0. The van der Waals surface area contributed by atoms with Gasteiger partial charge in [-0.3, -0.25) is 0 Å². The second kappa shape index (κ2) is 71.7. The van der Waals surface area contributed by atoms with Gasteiger partial charge in [0.2, 0.25) is 0 Å². The van der Waals surface area contributed by atoms with Crippen LogP contribution in [0.1, 0.15) is 25.7 Å². The van der Waals surface area contributed by atoms with E-state index in [1.54, 1.807) is 0 Å². The van der Waals surface area contributed by atoms with Gasteiger partial charge in [0.05, 0.1) is 324 Å². The Morgan fingerprint density at radius 1 is 0.270 bits per heavy atom. The van der Waals surface area contributed by atoms with E-state index in [1.165, 1.54) is 0 Å². The lowest BCUT2D eigenvalue weighted by atomic mass is 10.1. The topological polar surface area (TPSA) is 286 Å². The second-order valence-corrected chi connectivity index (χ2v) is 19.4. The predicted octanol–water partition coefficient (Wildman–Crippen LogP) is 1.51. The first-order valence-corrected chi connectivity index (χ1v) is 32.2. The summed E-state index contributed by atoms with van der Waals surface area (Å²) in [5.74, 6) is 8.22. The molecule has 0 radical (unpaired) electrons. The van der Waals surface area contributed by atoms with Gasteiger partial charge in [-0.25, -0.2) is 4.79 Å². The monoisotopic (exact) mass is 1290 g/mol. The largest absolute Gasteiger partial charge is 0.449 e. The van der Waals surface area contributed by atoms with E-state index < -0.39 is 0 Å². The molecular weight excluding hydrogens is 1180 g/mol. The van der Waals surface area contributed by atoms with Crippen LogP contribution in [0.3, 0.4) is 0 Å². The molecule has 526 valence electrons. The third-order valence-corrected chi connectivity index (χ3v) is 12.6. The summed E-state index contributed by atoms with van der Waals surface area (Å²) in [4.78, 5) is 12.0. The van der Waals surface area contributed by atoms with Crippen molar-refractivity contribution in [2.75, 3.05) is 337 Å². The number of carbonyl (C=O) groups is 1. The van der Waals surface area contributed by atoms with Crippen LogP contribution in [-0.4, -0.2) is 343 Å². The van der Waals surface area contributed by atoms with Gasteiger partial charge < -0.3 is 129 Å². The van der Waals surface area contributed by atoms with Crippen LogP contribution < -0.4 is 11.1 Å². The first kappa shape index (κ1) is 82.9. The van der Waals surface area contributed by atoms with Crippen molar-refractivity contribution in [3.05, 3.63) is 0 Å².